The topological polar surface area (TPSA) is 158 Å². The lowest BCUT2D eigenvalue weighted by Crippen LogP contribution is -2.55. The van der Waals surface area contributed by atoms with Gasteiger partial charge in [-0.05, 0) is 49.1 Å². The van der Waals surface area contributed by atoms with Crippen molar-refractivity contribution in [1.29, 1.82) is 0 Å². The summed E-state index contributed by atoms with van der Waals surface area (Å²) in [7, 11) is -4.50. The van der Waals surface area contributed by atoms with Gasteiger partial charge in [0.25, 0.3) is 0 Å². The van der Waals surface area contributed by atoms with Crippen LogP contribution in [0.25, 0.3) is 22.3 Å². The standard InChI is InChI=1S/C34H52N10O2Si2/c1-33(2,3)47(7,8)45-27(21-11-13-23(15-21)43-20-42-31-26(43)30(36)38-17-39-31)28(46-48(9,10)34(4,5)6)22-12-14-24(16-22)44-19-41-25-29(35)37-18-40-32(25)44/h11-14,17-24,27-28H,15-16H2,1-10H3,(H2,35,37,40)(H2,36,38,39)/t21?,22?,23?,24-,27-,28-/m0/s1. The minimum absolute atomic E-state index is 0.0181. The van der Waals surface area contributed by atoms with Gasteiger partial charge in [0, 0.05) is 11.8 Å². The Balaban J connectivity index is 1.38. The molecule has 2 aliphatic carbocycles. The largest absolute Gasteiger partial charge is 0.411 e. The zero-order valence-electron chi connectivity index (χ0n) is 30.0. The summed E-state index contributed by atoms with van der Waals surface area (Å²) >= 11 is 0. The van der Waals surface area contributed by atoms with E-state index in [1.165, 1.54) is 12.7 Å². The van der Waals surface area contributed by atoms with Gasteiger partial charge in [-0.15, -0.1) is 0 Å². The summed E-state index contributed by atoms with van der Waals surface area (Å²) in [6.07, 6.45) is 17.1. The molecular weight excluding hydrogens is 637 g/mol. The Morgan fingerprint density at radius 3 is 1.73 bits per heavy atom. The van der Waals surface area contributed by atoms with E-state index in [0.717, 1.165) is 24.0 Å². The number of anilines is 2. The maximum absolute atomic E-state index is 7.53. The van der Waals surface area contributed by atoms with E-state index in [2.05, 4.69) is 131 Å². The number of aromatic nitrogens is 8. The van der Waals surface area contributed by atoms with Gasteiger partial charge in [0.05, 0.1) is 36.9 Å². The Bertz CT molecular complexity index is 1850. The monoisotopic (exact) mass is 688 g/mol. The van der Waals surface area contributed by atoms with E-state index in [1.807, 2.05) is 12.7 Å². The van der Waals surface area contributed by atoms with Gasteiger partial charge in [-0.2, -0.15) is 0 Å². The average Bonchev–Trinajstić information content (AvgIpc) is 3.79. The van der Waals surface area contributed by atoms with E-state index in [1.54, 1.807) is 0 Å². The predicted octanol–water partition coefficient (Wildman–Crippen LogP) is 6.85. The molecule has 0 saturated carbocycles. The van der Waals surface area contributed by atoms with Crippen molar-refractivity contribution in [3.63, 3.8) is 0 Å². The highest BCUT2D eigenvalue weighted by Gasteiger charge is 2.49. The molecule has 0 bridgehead atoms. The normalized spacial score (nSPS) is 23.5. The highest BCUT2D eigenvalue weighted by atomic mass is 28.4. The number of nitrogens with zero attached hydrogens (tertiary/aromatic N) is 8. The van der Waals surface area contributed by atoms with Gasteiger partial charge >= 0.3 is 0 Å². The fourth-order valence-electron chi connectivity index (χ4n) is 6.41. The summed E-state index contributed by atoms with van der Waals surface area (Å²) in [5.74, 6) is 1.04. The lowest BCUT2D eigenvalue weighted by molar-refractivity contribution is -0.0140. The molecule has 4 heterocycles. The number of hydrogen-bond donors (Lipinski definition) is 2. The first-order valence-corrected chi connectivity index (χ1v) is 22.8. The lowest BCUT2D eigenvalue weighted by Gasteiger charge is -2.48. The van der Waals surface area contributed by atoms with Gasteiger partial charge in [0.2, 0.25) is 0 Å². The van der Waals surface area contributed by atoms with Crippen molar-refractivity contribution in [3.05, 3.63) is 49.6 Å². The predicted molar refractivity (Wildman–Crippen MR) is 196 cm³/mol. The van der Waals surface area contributed by atoms with Crippen molar-refractivity contribution in [3.8, 4) is 0 Å². The molecule has 14 heteroatoms. The first kappa shape index (κ1) is 34.4. The zero-order chi connectivity index (χ0) is 34.8. The van der Waals surface area contributed by atoms with E-state index in [9.17, 15) is 0 Å². The van der Waals surface area contributed by atoms with E-state index in [-0.39, 0.29) is 46.2 Å². The van der Waals surface area contributed by atoms with Crippen LogP contribution in [0, 0.1) is 11.8 Å². The van der Waals surface area contributed by atoms with Crippen molar-refractivity contribution in [2.75, 3.05) is 11.5 Å². The number of imidazole rings is 2. The second-order valence-corrected chi connectivity index (χ2v) is 26.1. The highest BCUT2D eigenvalue weighted by molar-refractivity contribution is 6.74. The molecule has 0 saturated heterocycles. The van der Waals surface area contributed by atoms with Gasteiger partial charge < -0.3 is 29.5 Å². The molecule has 0 aromatic carbocycles. The molecule has 6 atom stereocenters. The van der Waals surface area contributed by atoms with Crippen LogP contribution in [0.1, 0.15) is 66.5 Å². The number of hydrogen-bond acceptors (Lipinski definition) is 10. The SMILES string of the molecule is CC(C)(C)[Si](C)(C)O[C@@H](C1C=CC(n2cnc3ncnc(N)c32)C1)[C@@H](O[Si](C)(C)C(C)(C)C)C1C=C[C@H](n2cnc3c(N)ncnc32)C1. The quantitative estimate of drug-likeness (QED) is 0.141. The van der Waals surface area contributed by atoms with Gasteiger partial charge in [-0.1, -0.05) is 65.8 Å². The fraction of sp³-hybridized carbons (Fsp3) is 0.588. The fourth-order valence-corrected chi connectivity index (χ4v) is 9.09. The highest BCUT2D eigenvalue weighted by Crippen LogP contribution is 2.47. The third kappa shape index (κ3) is 6.23. The molecule has 0 radical (unpaired) electrons. The summed E-state index contributed by atoms with van der Waals surface area (Å²) in [5, 5.41) is 0.0367. The van der Waals surface area contributed by atoms with Gasteiger partial charge in [-0.25, -0.2) is 29.9 Å². The summed E-state index contributed by atoms with van der Waals surface area (Å²) < 4.78 is 19.3. The van der Waals surface area contributed by atoms with Gasteiger partial charge in [0.15, 0.2) is 39.6 Å². The minimum Gasteiger partial charge on any atom is -0.411 e. The van der Waals surface area contributed by atoms with Crippen LogP contribution in [-0.2, 0) is 8.85 Å². The maximum atomic E-state index is 7.53. The average molecular weight is 689 g/mol. The third-order valence-electron chi connectivity index (χ3n) is 11.3. The second-order valence-electron chi connectivity index (χ2n) is 16.6. The lowest BCUT2D eigenvalue weighted by atomic mass is 9.88. The van der Waals surface area contributed by atoms with Crippen LogP contribution in [0.4, 0.5) is 11.6 Å². The Hall–Kier alpha value is -3.47. The van der Waals surface area contributed by atoms with E-state index in [0.29, 0.717) is 22.8 Å². The number of fused-ring (bicyclic) bond motifs is 2. The summed E-state index contributed by atoms with van der Waals surface area (Å²) in [5.41, 5.74) is 15.2. The molecular formula is C34H52N10O2Si2. The molecule has 4 aromatic rings. The second kappa shape index (κ2) is 12.1. The maximum Gasteiger partial charge on any atom is 0.192 e. The molecule has 0 aliphatic heterocycles. The van der Waals surface area contributed by atoms with E-state index in [4.69, 9.17) is 20.3 Å². The van der Waals surface area contributed by atoms with Crippen molar-refractivity contribution in [1.82, 2.24) is 39.0 Å². The summed E-state index contributed by atoms with van der Waals surface area (Å²) in [4.78, 5) is 26.4. The van der Waals surface area contributed by atoms with Crippen LogP contribution in [0.15, 0.2) is 49.6 Å². The van der Waals surface area contributed by atoms with Gasteiger partial charge in [0.1, 0.15) is 23.7 Å². The molecule has 0 amide bonds. The Kier molecular flexibility index (Phi) is 8.70. The Morgan fingerprint density at radius 2 is 1.17 bits per heavy atom. The van der Waals surface area contributed by atoms with Crippen LogP contribution in [-0.4, -0.2) is 67.9 Å². The first-order valence-electron chi connectivity index (χ1n) is 17.0. The zero-order valence-corrected chi connectivity index (χ0v) is 32.0. The van der Waals surface area contributed by atoms with Crippen molar-refractivity contribution >= 4 is 50.6 Å². The molecule has 0 spiro atoms. The third-order valence-corrected chi connectivity index (χ3v) is 20.3. The van der Waals surface area contributed by atoms with Gasteiger partial charge in [-0.3, -0.25) is 0 Å². The van der Waals surface area contributed by atoms with Crippen LogP contribution in [0.3, 0.4) is 0 Å². The van der Waals surface area contributed by atoms with Crippen LogP contribution >= 0.6 is 0 Å². The number of rotatable bonds is 9. The van der Waals surface area contributed by atoms with Crippen LogP contribution in [0.2, 0.25) is 36.3 Å². The molecule has 258 valence electrons. The Labute approximate surface area is 285 Å². The smallest absolute Gasteiger partial charge is 0.192 e. The molecule has 4 N–H and O–H groups in total. The molecule has 0 fully saturated rings. The van der Waals surface area contributed by atoms with Crippen molar-refractivity contribution < 1.29 is 8.85 Å². The molecule has 48 heavy (non-hydrogen) atoms. The number of nitrogen functional groups attached to an aromatic ring is 2. The summed E-state index contributed by atoms with van der Waals surface area (Å²) in [6, 6.07) is 0.0992. The molecule has 12 nitrogen and oxygen atoms in total. The number of nitrogens with two attached hydrogens (primary N) is 2. The van der Waals surface area contributed by atoms with Crippen LogP contribution < -0.4 is 11.5 Å². The Morgan fingerprint density at radius 1 is 0.667 bits per heavy atom. The van der Waals surface area contributed by atoms with Crippen LogP contribution in [0.5, 0.6) is 0 Å². The van der Waals surface area contributed by atoms with Crippen molar-refractivity contribution in [2.45, 2.75) is 115 Å². The molecule has 3 unspecified atom stereocenters. The number of allylic oxidation sites excluding steroid dienone is 2. The van der Waals surface area contributed by atoms with E-state index < -0.39 is 16.6 Å². The summed E-state index contributed by atoms with van der Waals surface area (Å²) in [6.45, 7) is 23.2. The molecule has 6 rings (SSSR count). The first-order chi connectivity index (χ1) is 22.4. The molecule has 4 aromatic heterocycles. The molecule has 2 aliphatic rings. The minimum atomic E-state index is -2.25. The van der Waals surface area contributed by atoms with E-state index >= 15 is 0 Å². The van der Waals surface area contributed by atoms with Crippen molar-refractivity contribution in [2.24, 2.45) is 11.8 Å².